The molecule has 3 aromatic heterocycles. The normalized spacial score (nSPS) is 12.8. The summed E-state index contributed by atoms with van der Waals surface area (Å²) in [5.74, 6) is 1.59. The second-order valence-corrected chi connectivity index (χ2v) is 6.08. The average Bonchev–Trinajstić information content (AvgIpc) is 3.26. The molecule has 0 aliphatic rings. The molecule has 22 heavy (non-hydrogen) atoms. The Hall–Kier alpha value is -2.54. The summed E-state index contributed by atoms with van der Waals surface area (Å²) in [7, 11) is 0. The van der Waals surface area contributed by atoms with Crippen molar-refractivity contribution >= 4 is 22.8 Å². The van der Waals surface area contributed by atoms with Gasteiger partial charge in [-0.2, -0.15) is 4.98 Å². The summed E-state index contributed by atoms with van der Waals surface area (Å²) in [6.45, 7) is 2.00. The number of benzene rings is 1. The Bertz CT molecular complexity index is 864. The number of nitrogens with one attached hydrogen (secondary N) is 1. The monoisotopic (exact) mass is 312 g/mol. The lowest BCUT2D eigenvalue weighted by molar-refractivity contribution is 0.379. The van der Waals surface area contributed by atoms with Crippen LogP contribution >= 0.6 is 11.8 Å². The molecule has 0 spiro atoms. The molecule has 4 rings (SSSR count). The molecule has 1 unspecified atom stereocenters. The molecule has 0 fully saturated rings. The molecule has 7 heteroatoms. The lowest BCUT2D eigenvalue weighted by Crippen LogP contribution is -1.89. The number of hydrogen-bond acceptors (Lipinski definition) is 6. The van der Waals surface area contributed by atoms with Crippen LogP contribution in [0, 0.1) is 0 Å². The van der Waals surface area contributed by atoms with Gasteiger partial charge < -0.3 is 13.9 Å². The number of thioether (sulfide) groups is 1. The quantitative estimate of drug-likeness (QED) is 0.572. The van der Waals surface area contributed by atoms with Crippen LogP contribution in [0.4, 0.5) is 0 Å². The largest absolute Gasteiger partial charge is 0.461 e. The summed E-state index contributed by atoms with van der Waals surface area (Å²) in [5.41, 5.74) is 1.96. The zero-order valence-corrected chi connectivity index (χ0v) is 12.5. The number of furan rings is 1. The third-order valence-electron chi connectivity index (χ3n) is 3.19. The van der Waals surface area contributed by atoms with Crippen molar-refractivity contribution in [2.45, 2.75) is 17.3 Å². The highest BCUT2D eigenvalue weighted by molar-refractivity contribution is 7.99. The molecule has 1 aromatic carbocycles. The number of para-hydroxylation sites is 2. The fourth-order valence-corrected chi connectivity index (χ4v) is 2.96. The van der Waals surface area contributed by atoms with Crippen molar-refractivity contribution in [3.63, 3.8) is 0 Å². The van der Waals surface area contributed by atoms with Crippen LogP contribution in [0.2, 0.25) is 0 Å². The Kier molecular flexibility index (Phi) is 3.19. The van der Waals surface area contributed by atoms with Gasteiger partial charge in [0.15, 0.2) is 10.9 Å². The van der Waals surface area contributed by atoms with Crippen molar-refractivity contribution in [3.8, 4) is 11.6 Å². The first-order chi connectivity index (χ1) is 10.8. The molecule has 0 aliphatic heterocycles. The van der Waals surface area contributed by atoms with E-state index in [2.05, 4.69) is 20.1 Å². The maximum Gasteiger partial charge on any atom is 0.240 e. The van der Waals surface area contributed by atoms with E-state index in [0.717, 1.165) is 16.2 Å². The Morgan fingerprint density at radius 1 is 1.14 bits per heavy atom. The molecule has 1 N–H and O–H groups in total. The summed E-state index contributed by atoms with van der Waals surface area (Å²) in [6.07, 6.45) is 1.58. The van der Waals surface area contributed by atoms with Crippen molar-refractivity contribution in [1.29, 1.82) is 0 Å². The van der Waals surface area contributed by atoms with E-state index in [1.165, 1.54) is 11.8 Å². The van der Waals surface area contributed by atoms with Gasteiger partial charge in [-0.25, -0.2) is 4.98 Å². The van der Waals surface area contributed by atoms with Crippen molar-refractivity contribution in [2.75, 3.05) is 0 Å². The number of aromatic amines is 1. The van der Waals surface area contributed by atoms with Gasteiger partial charge in [0, 0.05) is 0 Å². The van der Waals surface area contributed by atoms with Crippen molar-refractivity contribution < 1.29 is 8.94 Å². The van der Waals surface area contributed by atoms with Crippen LogP contribution < -0.4 is 0 Å². The van der Waals surface area contributed by atoms with E-state index in [9.17, 15) is 0 Å². The first-order valence-corrected chi connectivity index (χ1v) is 7.66. The van der Waals surface area contributed by atoms with Gasteiger partial charge in [0.25, 0.3) is 0 Å². The fraction of sp³-hybridized carbons (Fsp3) is 0.133. The number of rotatable bonds is 4. The van der Waals surface area contributed by atoms with Gasteiger partial charge in [0.05, 0.1) is 22.5 Å². The summed E-state index contributed by atoms with van der Waals surface area (Å²) < 4.78 is 10.6. The second kappa shape index (κ2) is 5.34. The zero-order valence-electron chi connectivity index (χ0n) is 11.7. The number of nitrogens with zero attached hydrogens (tertiary/aromatic N) is 3. The Labute approximate surface area is 129 Å². The Morgan fingerprint density at radius 3 is 2.86 bits per heavy atom. The molecular formula is C15H12N4O2S. The molecule has 3 heterocycles. The summed E-state index contributed by atoms with van der Waals surface area (Å²) in [5, 5.41) is 4.75. The van der Waals surface area contributed by atoms with Crippen LogP contribution in [-0.2, 0) is 0 Å². The molecule has 0 radical (unpaired) electrons. The smallest absolute Gasteiger partial charge is 0.240 e. The molecular weight excluding hydrogens is 300 g/mol. The van der Waals surface area contributed by atoms with E-state index in [0.29, 0.717) is 17.5 Å². The van der Waals surface area contributed by atoms with Gasteiger partial charge >= 0.3 is 0 Å². The third-order valence-corrected chi connectivity index (χ3v) is 4.16. The molecule has 0 amide bonds. The maximum atomic E-state index is 5.31. The van der Waals surface area contributed by atoms with Gasteiger partial charge in [0.1, 0.15) is 0 Å². The standard InChI is InChI=1S/C15H12N4O2S/c1-9(14-18-13(19-21-14)12-7-4-8-20-12)22-15-16-10-5-2-3-6-11(10)17-15/h2-9H,1H3,(H,16,17). The molecule has 0 aliphatic carbocycles. The minimum atomic E-state index is -0.0169. The fourth-order valence-electron chi connectivity index (χ4n) is 2.11. The van der Waals surface area contributed by atoms with E-state index in [4.69, 9.17) is 8.94 Å². The molecule has 0 bridgehead atoms. The molecule has 4 aromatic rings. The second-order valence-electron chi connectivity index (χ2n) is 4.75. The maximum absolute atomic E-state index is 5.31. The highest BCUT2D eigenvalue weighted by Crippen LogP contribution is 2.33. The SMILES string of the molecule is CC(Sc1nc2ccccc2[nH]1)c1nc(-c2ccco2)no1. The van der Waals surface area contributed by atoms with Crippen molar-refractivity contribution in [3.05, 3.63) is 48.6 Å². The van der Waals surface area contributed by atoms with Crippen LogP contribution in [0.5, 0.6) is 0 Å². The lowest BCUT2D eigenvalue weighted by Gasteiger charge is -2.02. The highest BCUT2D eigenvalue weighted by atomic mass is 32.2. The number of fused-ring (bicyclic) bond motifs is 1. The predicted molar refractivity (Wildman–Crippen MR) is 82.4 cm³/mol. The Balaban J connectivity index is 1.55. The van der Waals surface area contributed by atoms with Gasteiger partial charge in [-0.05, 0) is 31.2 Å². The molecule has 6 nitrogen and oxygen atoms in total. The number of H-pyrrole nitrogens is 1. The number of imidazole rings is 1. The first kappa shape index (κ1) is 13.1. The highest BCUT2D eigenvalue weighted by Gasteiger charge is 2.19. The average molecular weight is 312 g/mol. The summed E-state index contributed by atoms with van der Waals surface area (Å²) >= 11 is 1.54. The minimum absolute atomic E-state index is 0.0169. The molecule has 1 atom stereocenters. The van der Waals surface area contributed by atoms with E-state index in [1.807, 2.05) is 31.2 Å². The van der Waals surface area contributed by atoms with E-state index in [-0.39, 0.29) is 5.25 Å². The molecule has 0 saturated carbocycles. The van der Waals surface area contributed by atoms with E-state index >= 15 is 0 Å². The number of hydrogen-bond donors (Lipinski definition) is 1. The number of aromatic nitrogens is 4. The lowest BCUT2D eigenvalue weighted by atomic mass is 10.3. The van der Waals surface area contributed by atoms with Gasteiger partial charge in [-0.15, -0.1) is 0 Å². The topological polar surface area (TPSA) is 80.7 Å². The van der Waals surface area contributed by atoms with Crippen molar-refractivity contribution in [2.24, 2.45) is 0 Å². The summed E-state index contributed by atoms with van der Waals surface area (Å²) in [6, 6.07) is 11.5. The van der Waals surface area contributed by atoms with Crippen LogP contribution in [0.25, 0.3) is 22.6 Å². The summed E-state index contributed by atoms with van der Waals surface area (Å²) in [4.78, 5) is 12.2. The predicted octanol–water partition coefficient (Wildman–Crippen LogP) is 4.06. The molecule has 0 saturated heterocycles. The minimum Gasteiger partial charge on any atom is -0.461 e. The zero-order chi connectivity index (χ0) is 14.9. The third kappa shape index (κ3) is 2.39. The van der Waals surface area contributed by atoms with Crippen molar-refractivity contribution in [1.82, 2.24) is 20.1 Å². The van der Waals surface area contributed by atoms with Gasteiger partial charge in [0.2, 0.25) is 11.7 Å². The van der Waals surface area contributed by atoms with Crippen LogP contribution in [0.15, 0.2) is 56.8 Å². The molecule has 110 valence electrons. The van der Waals surface area contributed by atoms with Crippen LogP contribution in [0.3, 0.4) is 0 Å². The van der Waals surface area contributed by atoms with E-state index < -0.39 is 0 Å². The van der Waals surface area contributed by atoms with Crippen LogP contribution in [-0.4, -0.2) is 20.1 Å². The van der Waals surface area contributed by atoms with Gasteiger partial charge in [-0.1, -0.05) is 29.1 Å². The van der Waals surface area contributed by atoms with E-state index in [1.54, 1.807) is 18.4 Å². The van der Waals surface area contributed by atoms with Crippen LogP contribution in [0.1, 0.15) is 18.1 Å². The first-order valence-electron chi connectivity index (χ1n) is 6.78. The van der Waals surface area contributed by atoms with Gasteiger partial charge in [-0.3, -0.25) is 0 Å². The Morgan fingerprint density at radius 2 is 2.05 bits per heavy atom.